The van der Waals surface area contributed by atoms with Gasteiger partial charge < -0.3 is 10.6 Å². The molecule has 0 amide bonds. The summed E-state index contributed by atoms with van der Waals surface area (Å²) in [5.41, 5.74) is 0. The van der Waals surface area contributed by atoms with E-state index in [0.717, 1.165) is 0 Å². The third-order valence-electron chi connectivity index (χ3n) is 1.55. The summed E-state index contributed by atoms with van der Waals surface area (Å²) in [5, 5.41) is 25.7. The summed E-state index contributed by atoms with van der Waals surface area (Å²) in [6.45, 7) is 2.21. The molecule has 0 aromatic rings. The van der Waals surface area contributed by atoms with Crippen LogP contribution in [0.25, 0.3) is 0 Å². The average molecular weight is 188 g/mol. The van der Waals surface area contributed by atoms with E-state index in [0.29, 0.717) is 6.54 Å². The number of nitrogens with zero attached hydrogens (tertiary/aromatic N) is 2. The molecule has 0 aromatic carbocycles. The smallest absolute Gasteiger partial charge is 0.358 e. The molecule has 1 unspecified atom stereocenters. The molecule has 0 saturated carbocycles. The van der Waals surface area contributed by atoms with Crippen LogP contribution in [0.3, 0.4) is 0 Å². The van der Waals surface area contributed by atoms with Gasteiger partial charge >= 0.3 is 5.82 Å². The van der Waals surface area contributed by atoms with Crippen molar-refractivity contribution < 1.29 is 9.85 Å². The fraction of sp³-hybridized carbons (Fsp3) is 0.600. The largest absolute Gasteiger partial charge is 0.599 e. The van der Waals surface area contributed by atoms with Gasteiger partial charge in [-0.15, -0.1) is 0 Å². The van der Waals surface area contributed by atoms with Gasteiger partial charge in [-0.1, -0.05) is 0 Å². The van der Waals surface area contributed by atoms with Gasteiger partial charge in [0.2, 0.25) is 0 Å². The zero-order chi connectivity index (χ0) is 10.0. The molecule has 8 nitrogen and oxygen atoms in total. The first-order chi connectivity index (χ1) is 6.02. The SMILES string of the molecule is CC1CNC(=C([N+](=O)[O-])[N+](=O)[O-])N1. The number of hydrogen-bond donors (Lipinski definition) is 2. The molecule has 8 heteroatoms. The van der Waals surface area contributed by atoms with Gasteiger partial charge in [-0.05, 0) is 6.92 Å². The highest BCUT2D eigenvalue weighted by Gasteiger charge is 2.35. The zero-order valence-corrected chi connectivity index (χ0v) is 6.81. The minimum atomic E-state index is -1.04. The third-order valence-corrected chi connectivity index (χ3v) is 1.55. The highest BCUT2D eigenvalue weighted by Crippen LogP contribution is 2.06. The summed E-state index contributed by atoms with van der Waals surface area (Å²) in [6.07, 6.45) is 0. The topological polar surface area (TPSA) is 110 Å². The molecular formula is C5H8N4O4. The van der Waals surface area contributed by atoms with Crippen LogP contribution < -0.4 is 10.6 Å². The maximum atomic E-state index is 10.3. The van der Waals surface area contributed by atoms with Crippen LogP contribution in [-0.4, -0.2) is 22.4 Å². The van der Waals surface area contributed by atoms with Crippen molar-refractivity contribution in [2.45, 2.75) is 13.0 Å². The van der Waals surface area contributed by atoms with Gasteiger partial charge in [-0.3, -0.25) is 20.2 Å². The zero-order valence-electron chi connectivity index (χ0n) is 6.81. The van der Waals surface area contributed by atoms with Crippen molar-refractivity contribution in [2.75, 3.05) is 6.54 Å². The van der Waals surface area contributed by atoms with Crippen LogP contribution in [0.2, 0.25) is 0 Å². The standard InChI is InChI=1S/C5H8N4O4/c1-3-2-6-4(7-3)5(8(10)11)9(12)13/h3,6-7H,2H2,1H3. The minimum absolute atomic E-state index is 0.0371. The van der Waals surface area contributed by atoms with Gasteiger partial charge in [-0.25, -0.2) is 0 Å². The maximum absolute atomic E-state index is 10.3. The second kappa shape index (κ2) is 3.25. The van der Waals surface area contributed by atoms with Crippen LogP contribution in [0.5, 0.6) is 0 Å². The van der Waals surface area contributed by atoms with E-state index in [2.05, 4.69) is 10.6 Å². The fourth-order valence-corrected chi connectivity index (χ4v) is 0.996. The van der Waals surface area contributed by atoms with Crippen molar-refractivity contribution in [2.24, 2.45) is 0 Å². The molecule has 1 aliphatic heterocycles. The van der Waals surface area contributed by atoms with Crippen molar-refractivity contribution in [3.8, 4) is 0 Å². The van der Waals surface area contributed by atoms with E-state index in [9.17, 15) is 20.2 Å². The predicted octanol–water partition coefficient (Wildman–Crippen LogP) is -0.752. The average Bonchev–Trinajstić information content (AvgIpc) is 2.34. The molecule has 0 bridgehead atoms. The van der Waals surface area contributed by atoms with E-state index >= 15 is 0 Å². The summed E-state index contributed by atoms with van der Waals surface area (Å²) < 4.78 is 0. The third kappa shape index (κ3) is 1.83. The lowest BCUT2D eigenvalue weighted by Crippen LogP contribution is -2.24. The molecule has 1 aliphatic rings. The summed E-state index contributed by atoms with van der Waals surface area (Å²) in [6, 6.07) is -0.0371. The van der Waals surface area contributed by atoms with Crippen LogP contribution in [0.1, 0.15) is 6.92 Å². The lowest BCUT2D eigenvalue weighted by Gasteiger charge is -1.97. The van der Waals surface area contributed by atoms with Gasteiger partial charge in [0, 0.05) is 12.6 Å². The van der Waals surface area contributed by atoms with E-state index in [4.69, 9.17) is 0 Å². The summed E-state index contributed by atoms with van der Waals surface area (Å²) in [4.78, 5) is 18.5. The molecule has 0 aliphatic carbocycles. The molecular weight excluding hydrogens is 180 g/mol. The number of nitro groups is 2. The highest BCUT2D eigenvalue weighted by atomic mass is 16.7. The molecule has 1 saturated heterocycles. The molecule has 72 valence electrons. The quantitative estimate of drug-likeness (QED) is 0.435. The first kappa shape index (κ1) is 9.23. The van der Waals surface area contributed by atoms with Gasteiger partial charge in [0.05, 0.1) is 0 Å². The summed E-state index contributed by atoms with van der Waals surface area (Å²) in [7, 11) is 0. The Labute approximate surface area is 72.9 Å². The molecule has 1 fully saturated rings. The maximum Gasteiger partial charge on any atom is 0.599 e. The Morgan fingerprint density at radius 2 is 2.00 bits per heavy atom. The molecule has 1 heterocycles. The van der Waals surface area contributed by atoms with Gasteiger partial charge in [0.25, 0.3) is 5.82 Å². The number of rotatable bonds is 2. The highest BCUT2D eigenvalue weighted by molar-refractivity contribution is 5.04. The van der Waals surface area contributed by atoms with Gasteiger partial charge in [0.1, 0.15) is 9.85 Å². The molecule has 0 aromatic heterocycles. The van der Waals surface area contributed by atoms with Crippen molar-refractivity contribution in [1.82, 2.24) is 10.6 Å². The van der Waals surface area contributed by atoms with Crippen LogP contribution in [0.15, 0.2) is 11.6 Å². The van der Waals surface area contributed by atoms with Crippen molar-refractivity contribution in [1.29, 1.82) is 0 Å². The van der Waals surface area contributed by atoms with Gasteiger partial charge in [-0.2, -0.15) is 0 Å². The molecule has 0 radical (unpaired) electrons. The first-order valence-electron chi connectivity index (χ1n) is 3.56. The number of hydrogen-bond acceptors (Lipinski definition) is 6. The monoisotopic (exact) mass is 188 g/mol. The van der Waals surface area contributed by atoms with E-state index in [-0.39, 0.29) is 11.9 Å². The molecule has 1 atom stereocenters. The predicted molar refractivity (Wildman–Crippen MR) is 41.6 cm³/mol. The Bertz CT molecular complexity index is 270. The molecule has 0 spiro atoms. The van der Waals surface area contributed by atoms with Crippen LogP contribution >= 0.6 is 0 Å². The van der Waals surface area contributed by atoms with E-state index in [1.54, 1.807) is 6.92 Å². The molecule has 2 N–H and O–H groups in total. The van der Waals surface area contributed by atoms with Crippen LogP contribution in [-0.2, 0) is 0 Å². The van der Waals surface area contributed by atoms with Gasteiger partial charge in [0.15, 0.2) is 0 Å². The Hall–Kier alpha value is -1.86. The van der Waals surface area contributed by atoms with E-state index in [1.165, 1.54) is 0 Å². The Morgan fingerprint density at radius 3 is 2.31 bits per heavy atom. The Kier molecular flexibility index (Phi) is 2.31. The second-order valence-electron chi connectivity index (χ2n) is 2.64. The lowest BCUT2D eigenvalue weighted by molar-refractivity contribution is -0.618. The fourth-order valence-electron chi connectivity index (χ4n) is 0.996. The van der Waals surface area contributed by atoms with E-state index < -0.39 is 15.7 Å². The summed E-state index contributed by atoms with van der Waals surface area (Å²) >= 11 is 0. The normalized spacial score (nSPS) is 20.4. The van der Waals surface area contributed by atoms with Crippen molar-refractivity contribution >= 4 is 0 Å². The van der Waals surface area contributed by atoms with E-state index in [1.807, 2.05) is 0 Å². The van der Waals surface area contributed by atoms with Crippen molar-refractivity contribution in [3.05, 3.63) is 31.9 Å². The Balaban J connectivity index is 2.97. The number of nitrogens with one attached hydrogen (secondary N) is 2. The van der Waals surface area contributed by atoms with Crippen LogP contribution in [0, 0.1) is 20.2 Å². The molecule has 13 heavy (non-hydrogen) atoms. The second-order valence-corrected chi connectivity index (χ2v) is 2.64. The molecule has 1 rings (SSSR count). The summed E-state index contributed by atoms with van der Waals surface area (Å²) in [5.74, 6) is -1.16. The first-order valence-corrected chi connectivity index (χ1v) is 3.56. The lowest BCUT2D eigenvalue weighted by atomic mass is 10.4. The minimum Gasteiger partial charge on any atom is -0.358 e. The Morgan fingerprint density at radius 1 is 1.46 bits per heavy atom. The van der Waals surface area contributed by atoms with Crippen LogP contribution in [0.4, 0.5) is 0 Å². The van der Waals surface area contributed by atoms with Crippen molar-refractivity contribution in [3.63, 3.8) is 0 Å².